The SMILES string of the molecule is C=CCN(C(=O)[C@@H]1N(CCCCO)C(=O)[C@H]2[C@H](C(=O)OCC)[C@H]3O[C@@]12CC3Br)C1CCCCC1. The summed E-state index contributed by atoms with van der Waals surface area (Å²) >= 11 is 3.67. The van der Waals surface area contributed by atoms with Gasteiger partial charge in [0.15, 0.2) is 0 Å². The van der Waals surface area contributed by atoms with Crippen LogP contribution >= 0.6 is 15.9 Å². The Labute approximate surface area is 210 Å². The summed E-state index contributed by atoms with van der Waals surface area (Å²) in [6.07, 6.45) is 8.06. The molecule has 2 amide bonds. The molecule has 4 aliphatic rings. The van der Waals surface area contributed by atoms with E-state index in [1.165, 1.54) is 6.42 Å². The summed E-state index contributed by atoms with van der Waals surface area (Å²) in [6, 6.07) is -0.682. The molecule has 2 bridgehead atoms. The summed E-state index contributed by atoms with van der Waals surface area (Å²) in [5, 5.41) is 9.30. The van der Waals surface area contributed by atoms with Crippen molar-refractivity contribution in [1.29, 1.82) is 0 Å². The first-order chi connectivity index (χ1) is 16.4. The number of esters is 1. The Morgan fingerprint density at radius 2 is 2.06 bits per heavy atom. The fourth-order valence-electron chi connectivity index (χ4n) is 6.66. The van der Waals surface area contributed by atoms with E-state index in [9.17, 15) is 19.5 Å². The zero-order chi connectivity index (χ0) is 24.5. The molecule has 0 aromatic carbocycles. The third-order valence-corrected chi connectivity index (χ3v) is 8.86. The number of likely N-dealkylation sites (tertiary alicyclic amines) is 1. The largest absolute Gasteiger partial charge is 0.466 e. The molecule has 0 aromatic rings. The van der Waals surface area contributed by atoms with Crippen molar-refractivity contribution < 1.29 is 29.0 Å². The van der Waals surface area contributed by atoms with Gasteiger partial charge in [-0.15, -0.1) is 6.58 Å². The predicted molar refractivity (Wildman–Crippen MR) is 129 cm³/mol. The minimum absolute atomic E-state index is 0.0212. The number of hydrogen-bond donors (Lipinski definition) is 1. The molecule has 1 saturated carbocycles. The lowest BCUT2D eigenvalue weighted by Crippen LogP contribution is -2.58. The van der Waals surface area contributed by atoms with E-state index in [0.717, 1.165) is 25.7 Å². The first-order valence-corrected chi connectivity index (χ1v) is 13.6. The Hall–Kier alpha value is -1.45. The van der Waals surface area contributed by atoms with Crippen molar-refractivity contribution in [3.05, 3.63) is 12.7 Å². The van der Waals surface area contributed by atoms with Gasteiger partial charge in [-0.3, -0.25) is 14.4 Å². The number of ether oxygens (including phenoxy) is 2. The van der Waals surface area contributed by atoms with Crippen molar-refractivity contribution in [2.45, 2.75) is 86.9 Å². The number of carbonyl (C=O) groups is 3. The molecular formula is C25H37BrN2O6. The van der Waals surface area contributed by atoms with E-state index in [1.54, 1.807) is 17.9 Å². The first-order valence-electron chi connectivity index (χ1n) is 12.7. The smallest absolute Gasteiger partial charge is 0.312 e. The molecule has 3 heterocycles. The summed E-state index contributed by atoms with van der Waals surface area (Å²) in [5.74, 6) is -2.22. The molecule has 8 nitrogen and oxygen atoms in total. The molecule has 9 heteroatoms. The number of nitrogens with zero attached hydrogens (tertiary/aromatic N) is 2. The van der Waals surface area contributed by atoms with Gasteiger partial charge in [0.25, 0.3) is 0 Å². The minimum atomic E-state index is -1.06. The normalized spacial score (nSPS) is 34.9. The minimum Gasteiger partial charge on any atom is -0.466 e. The number of carbonyl (C=O) groups excluding carboxylic acids is 3. The summed E-state index contributed by atoms with van der Waals surface area (Å²) in [5.41, 5.74) is -1.06. The average molecular weight is 541 g/mol. The van der Waals surface area contributed by atoms with Gasteiger partial charge in [0.05, 0.1) is 24.5 Å². The van der Waals surface area contributed by atoms with Crippen LogP contribution in [0.2, 0.25) is 0 Å². The van der Waals surface area contributed by atoms with Crippen LogP contribution in [0.25, 0.3) is 0 Å². The van der Waals surface area contributed by atoms with Crippen LogP contribution in [0, 0.1) is 11.8 Å². The number of unbranched alkanes of at least 4 members (excludes halogenated alkanes) is 1. The lowest BCUT2D eigenvalue weighted by atomic mass is 9.70. The van der Waals surface area contributed by atoms with E-state index in [0.29, 0.717) is 32.4 Å². The molecule has 3 saturated heterocycles. The van der Waals surface area contributed by atoms with Crippen LogP contribution in [0.3, 0.4) is 0 Å². The molecule has 4 rings (SSSR count). The Kier molecular flexibility index (Phi) is 8.04. The highest BCUT2D eigenvalue weighted by molar-refractivity contribution is 9.09. The van der Waals surface area contributed by atoms with Crippen LogP contribution in [0.1, 0.15) is 58.3 Å². The van der Waals surface area contributed by atoms with Gasteiger partial charge in [0.1, 0.15) is 11.6 Å². The molecule has 34 heavy (non-hydrogen) atoms. The van der Waals surface area contributed by atoms with Gasteiger partial charge in [-0.05, 0) is 39.0 Å². The van der Waals surface area contributed by atoms with Gasteiger partial charge in [0, 0.05) is 30.6 Å². The molecule has 6 atom stereocenters. The first kappa shape index (κ1) is 25.6. The summed E-state index contributed by atoms with van der Waals surface area (Å²) in [7, 11) is 0. The Morgan fingerprint density at radius 1 is 1.32 bits per heavy atom. The monoisotopic (exact) mass is 540 g/mol. The Bertz CT molecular complexity index is 802. The maximum Gasteiger partial charge on any atom is 0.312 e. The van der Waals surface area contributed by atoms with Gasteiger partial charge >= 0.3 is 5.97 Å². The highest BCUT2D eigenvalue weighted by Gasteiger charge is 2.77. The molecule has 1 N–H and O–H groups in total. The molecule has 0 radical (unpaired) electrons. The van der Waals surface area contributed by atoms with Gasteiger partial charge in [0.2, 0.25) is 11.8 Å². The van der Waals surface area contributed by atoms with E-state index in [2.05, 4.69) is 22.5 Å². The van der Waals surface area contributed by atoms with Crippen molar-refractivity contribution in [1.82, 2.24) is 9.80 Å². The maximum atomic E-state index is 14.3. The third kappa shape index (κ3) is 4.22. The van der Waals surface area contributed by atoms with E-state index in [1.807, 2.05) is 4.90 Å². The van der Waals surface area contributed by atoms with Crippen LogP contribution in [-0.4, -0.2) is 87.6 Å². The second-order valence-corrected chi connectivity index (χ2v) is 11.1. The van der Waals surface area contributed by atoms with E-state index in [4.69, 9.17) is 9.47 Å². The quantitative estimate of drug-likeness (QED) is 0.198. The van der Waals surface area contributed by atoms with E-state index in [-0.39, 0.29) is 35.9 Å². The van der Waals surface area contributed by atoms with Crippen molar-refractivity contribution in [3.8, 4) is 0 Å². The molecule has 190 valence electrons. The number of alkyl halides is 1. The van der Waals surface area contributed by atoms with E-state index < -0.39 is 35.6 Å². The lowest BCUT2D eigenvalue weighted by Gasteiger charge is -2.41. The summed E-state index contributed by atoms with van der Waals surface area (Å²) in [4.78, 5) is 44.5. The van der Waals surface area contributed by atoms with Crippen LogP contribution in [0.4, 0.5) is 0 Å². The number of amides is 2. The van der Waals surface area contributed by atoms with Crippen LogP contribution in [0.15, 0.2) is 12.7 Å². The topological polar surface area (TPSA) is 96.4 Å². The predicted octanol–water partition coefficient (Wildman–Crippen LogP) is 2.42. The zero-order valence-corrected chi connectivity index (χ0v) is 21.6. The number of rotatable bonds is 10. The van der Waals surface area contributed by atoms with Crippen molar-refractivity contribution in [2.24, 2.45) is 11.8 Å². The van der Waals surface area contributed by atoms with Crippen LogP contribution < -0.4 is 0 Å². The molecule has 3 aliphatic heterocycles. The summed E-state index contributed by atoms with van der Waals surface area (Å²) in [6.45, 7) is 6.63. The van der Waals surface area contributed by atoms with Gasteiger partial charge in [-0.25, -0.2) is 0 Å². The maximum absolute atomic E-state index is 14.3. The number of fused-ring (bicyclic) bond motifs is 1. The number of aliphatic hydroxyl groups is 1. The highest BCUT2D eigenvalue weighted by atomic mass is 79.9. The number of hydrogen-bond acceptors (Lipinski definition) is 6. The van der Waals surface area contributed by atoms with Crippen molar-refractivity contribution >= 4 is 33.7 Å². The second-order valence-electron chi connectivity index (χ2n) is 9.95. The van der Waals surface area contributed by atoms with Gasteiger partial charge in [-0.1, -0.05) is 41.3 Å². The van der Waals surface area contributed by atoms with Gasteiger partial charge < -0.3 is 24.4 Å². The third-order valence-electron chi connectivity index (χ3n) is 8.01. The fourth-order valence-corrected chi connectivity index (χ4v) is 7.60. The molecule has 1 aliphatic carbocycles. The molecule has 4 fully saturated rings. The number of aliphatic hydroxyl groups excluding tert-OH is 1. The molecular weight excluding hydrogens is 504 g/mol. The lowest BCUT2D eigenvalue weighted by molar-refractivity contribution is -0.155. The summed E-state index contributed by atoms with van der Waals surface area (Å²) < 4.78 is 11.8. The molecule has 1 spiro atoms. The molecule has 1 unspecified atom stereocenters. The Balaban J connectivity index is 1.72. The fraction of sp³-hybridized carbons (Fsp3) is 0.800. The van der Waals surface area contributed by atoms with E-state index >= 15 is 0 Å². The number of halogens is 1. The van der Waals surface area contributed by atoms with Gasteiger partial charge in [-0.2, -0.15) is 0 Å². The average Bonchev–Trinajstić information content (AvgIpc) is 3.41. The molecule has 0 aromatic heterocycles. The standard InChI is InChI=1S/C25H37BrN2O6/c1-3-12-27(16-10-6-5-7-11-16)23(31)21-25-15-17(26)20(34-25)18(24(32)33-4-2)19(25)22(30)28(21)13-8-9-14-29/h3,16-21,29H,1,4-15H2,2H3/t17?,18-,19+,20-,21-,25+/m0/s1. The van der Waals surface area contributed by atoms with Crippen LogP contribution in [-0.2, 0) is 23.9 Å². The van der Waals surface area contributed by atoms with Crippen molar-refractivity contribution in [2.75, 3.05) is 26.3 Å². The Morgan fingerprint density at radius 3 is 2.71 bits per heavy atom. The van der Waals surface area contributed by atoms with Crippen LogP contribution in [0.5, 0.6) is 0 Å². The van der Waals surface area contributed by atoms with Crippen molar-refractivity contribution in [3.63, 3.8) is 0 Å². The second kappa shape index (κ2) is 10.7. The zero-order valence-electron chi connectivity index (χ0n) is 20.0. The highest BCUT2D eigenvalue weighted by Crippen LogP contribution is 2.60.